The fourth-order valence-corrected chi connectivity index (χ4v) is 5.54. The molecule has 5 heteroatoms. The lowest BCUT2D eigenvalue weighted by molar-refractivity contribution is 0.241. The fraction of sp³-hybridized carbons (Fsp3) is 0.357. The Kier molecular flexibility index (Phi) is 8.46. The van der Waals surface area contributed by atoms with Gasteiger partial charge in [-0.1, -0.05) is 60.7 Å². The molecule has 1 aliphatic rings. The molecule has 0 spiro atoms. The van der Waals surface area contributed by atoms with Crippen molar-refractivity contribution in [1.82, 2.24) is 10.6 Å². The zero-order valence-electron chi connectivity index (χ0n) is 19.4. The van der Waals surface area contributed by atoms with Gasteiger partial charge in [0, 0.05) is 41.6 Å². The minimum Gasteiger partial charge on any atom is -0.496 e. The third-order valence-corrected chi connectivity index (χ3v) is 7.43. The molecule has 0 aromatic heterocycles. The van der Waals surface area contributed by atoms with E-state index in [1.807, 2.05) is 0 Å². The maximum Gasteiger partial charge on any atom is 0.123 e. The number of nitrogens with one attached hydrogen (secondary N) is 2. The summed E-state index contributed by atoms with van der Waals surface area (Å²) in [6.07, 6.45) is 2.87. The number of hydrogen-bond donors (Lipinski definition) is 3. The quantitative estimate of drug-likeness (QED) is 0.382. The Morgan fingerprint density at radius 3 is 2.27 bits per heavy atom. The molecule has 174 valence electrons. The van der Waals surface area contributed by atoms with E-state index in [4.69, 9.17) is 4.74 Å². The first-order valence-corrected chi connectivity index (χ1v) is 12.9. The van der Waals surface area contributed by atoms with Gasteiger partial charge >= 0.3 is 0 Å². The molecule has 3 atom stereocenters. The topological polar surface area (TPSA) is 53.5 Å². The van der Waals surface area contributed by atoms with E-state index in [-0.39, 0.29) is 24.6 Å². The van der Waals surface area contributed by atoms with Crippen LogP contribution in [0.4, 0.5) is 0 Å². The average Bonchev–Trinajstić information content (AvgIpc) is 3.26. The first kappa shape index (κ1) is 23.8. The van der Waals surface area contributed by atoms with E-state index in [2.05, 4.69) is 95.8 Å². The molecule has 0 aliphatic carbocycles. The SMILES string of the molecule is COc1ccc(SC)cc1CN[C@H]1[C@@H](CCO)CN[C@H]1C(c1ccccc1)c1ccccc1. The van der Waals surface area contributed by atoms with Crippen LogP contribution in [-0.2, 0) is 6.54 Å². The summed E-state index contributed by atoms with van der Waals surface area (Å²) in [4.78, 5) is 1.23. The van der Waals surface area contributed by atoms with Gasteiger partial charge in [0.15, 0.2) is 0 Å². The maximum absolute atomic E-state index is 9.76. The van der Waals surface area contributed by atoms with Crippen LogP contribution in [0, 0.1) is 5.92 Å². The summed E-state index contributed by atoms with van der Waals surface area (Å²) in [5.41, 5.74) is 3.77. The van der Waals surface area contributed by atoms with E-state index < -0.39 is 0 Å². The number of aliphatic hydroxyl groups is 1. The summed E-state index contributed by atoms with van der Waals surface area (Å²) >= 11 is 1.74. The summed E-state index contributed by atoms with van der Waals surface area (Å²) in [7, 11) is 1.73. The number of benzene rings is 3. The Bertz CT molecular complexity index is 960. The van der Waals surface area contributed by atoms with Gasteiger partial charge in [-0.05, 0) is 54.5 Å². The normalized spacial score (nSPS) is 20.3. The lowest BCUT2D eigenvalue weighted by atomic mass is 9.80. The van der Waals surface area contributed by atoms with Crippen molar-refractivity contribution in [3.8, 4) is 5.75 Å². The van der Waals surface area contributed by atoms with E-state index >= 15 is 0 Å². The fourth-order valence-electron chi connectivity index (χ4n) is 5.08. The molecular formula is C28H34N2O2S. The highest BCUT2D eigenvalue weighted by Gasteiger charge is 2.40. The summed E-state index contributed by atoms with van der Waals surface area (Å²) in [6, 6.07) is 28.3. The Morgan fingerprint density at radius 1 is 1.03 bits per heavy atom. The molecule has 0 amide bonds. The van der Waals surface area contributed by atoms with Crippen LogP contribution in [0.3, 0.4) is 0 Å². The molecule has 1 aliphatic heterocycles. The highest BCUT2D eigenvalue weighted by Crippen LogP contribution is 2.35. The van der Waals surface area contributed by atoms with E-state index in [1.54, 1.807) is 18.9 Å². The standard InChI is InChI=1S/C28H34N2O2S/c1-32-25-14-13-24(33-2)17-23(25)19-29-27-22(15-16-31)18-30-28(27)26(20-9-5-3-6-10-20)21-11-7-4-8-12-21/h3-14,17,22,26-31H,15-16,18-19H2,1-2H3/t22-,27-,28-/m0/s1. The van der Waals surface area contributed by atoms with Crippen molar-refractivity contribution in [2.75, 3.05) is 26.5 Å². The lowest BCUT2D eigenvalue weighted by Crippen LogP contribution is -2.46. The Labute approximate surface area is 201 Å². The molecule has 3 aromatic carbocycles. The molecule has 0 unspecified atom stereocenters. The third-order valence-electron chi connectivity index (χ3n) is 6.70. The van der Waals surface area contributed by atoms with Gasteiger partial charge < -0.3 is 20.5 Å². The van der Waals surface area contributed by atoms with Crippen molar-refractivity contribution in [3.05, 3.63) is 95.6 Å². The Morgan fingerprint density at radius 2 is 1.70 bits per heavy atom. The van der Waals surface area contributed by atoms with Crippen molar-refractivity contribution in [1.29, 1.82) is 0 Å². The number of aliphatic hydroxyl groups excluding tert-OH is 1. The smallest absolute Gasteiger partial charge is 0.123 e. The third kappa shape index (κ3) is 5.61. The Hall–Kier alpha value is -2.31. The Balaban J connectivity index is 1.65. The minimum absolute atomic E-state index is 0.198. The summed E-state index contributed by atoms with van der Waals surface area (Å²) in [5.74, 6) is 1.47. The van der Waals surface area contributed by atoms with E-state index in [0.717, 1.165) is 30.8 Å². The molecule has 1 fully saturated rings. The largest absolute Gasteiger partial charge is 0.496 e. The van der Waals surface area contributed by atoms with Crippen molar-refractivity contribution >= 4 is 11.8 Å². The second-order valence-corrected chi connectivity index (χ2v) is 9.47. The molecule has 0 bridgehead atoms. The minimum atomic E-state index is 0.198. The van der Waals surface area contributed by atoms with Gasteiger partial charge in [-0.15, -0.1) is 11.8 Å². The monoisotopic (exact) mass is 462 g/mol. The van der Waals surface area contributed by atoms with Crippen LogP contribution >= 0.6 is 11.8 Å². The molecule has 1 heterocycles. The van der Waals surface area contributed by atoms with Gasteiger partial charge in [0.05, 0.1) is 7.11 Å². The average molecular weight is 463 g/mol. The van der Waals surface area contributed by atoms with Crippen molar-refractivity contribution in [3.63, 3.8) is 0 Å². The predicted octanol–water partition coefficient (Wildman–Crippen LogP) is 4.68. The van der Waals surface area contributed by atoms with Gasteiger partial charge in [-0.3, -0.25) is 0 Å². The summed E-state index contributed by atoms with van der Waals surface area (Å²) in [5, 5.41) is 17.4. The number of thioether (sulfide) groups is 1. The summed E-state index contributed by atoms with van der Waals surface area (Å²) in [6.45, 7) is 1.81. The highest BCUT2D eigenvalue weighted by atomic mass is 32.2. The zero-order valence-corrected chi connectivity index (χ0v) is 20.2. The first-order chi connectivity index (χ1) is 16.2. The van der Waals surface area contributed by atoms with Crippen molar-refractivity contribution in [2.24, 2.45) is 5.92 Å². The number of methoxy groups -OCH3 is 1. The number of ether oxygens (including phenoxy) is 1. The van der Waals surface area contributed by atoms with Gasteiger partial charge in [-0.25, -0.2) is 0 Å². The molecule has 3 N–H and O–H groups in total. The number of rotatable bonds is 10. The molecule has 33 heavy (non-hydrogen) atoms. The van der Waals surface area contributed by atoms with Gasteiger partial charge in [-0.2, -0.15) is 0 Å². The molecule has 4 nitrogen and oxygen atoms in total. The van der Waals surface area contributed by atoms with Gasteiger partial charge in [0.2, 0.25) is 0 Å². The van der Waals surface area contributed by atoms with E-state index in [0.29, 0.717) is 5.92 Å². The van der Waals surface area contributed by atoms with Crippen LogP contribution in [0.25, 0.3) is 0 Å². The highest BCUT2D eigenvalue weighted by molar-refractivity contribution is 7.98. The maximum atomic E-state index is 9.76. The van der Waals surface area contributed by atoms with Crippen molar-refractivity contribution in [2.45, 2.75) is 35.9 Å². The van der Waals surface area contributed by atoms with Gasteiger partial charge in [0.1, 0.15) is 5.75 Å². The lowest BCUT2D eigenvalue weighted by Gasteiger charge is -2.32. The molecular weight excluding hydrogens is 428 g/mol. The zero-order chi connectivity index (χ0) is 23.0. The van der Waals surface area contributed by atoms with Crippen LogP contribution in [0.5, 0.6) is 5.75 Å². The van der Waals surface area contributed by atoms with Crippen LogP contribution in [0.2, 0.25) is 0 Å². The first-order valence-electron chi connectivity index (χ1n) is 11.6. The van der Waals surface area contributed by atoms with Gasteiger partial charge in [0.25, 0.3) is 0 Å². The second-order valence-electron chi connectivity index (χ2n) is 8.59. The molecule has 3 aromatic rings. The van der Waals surface area contributed by atoms with Crippen molar-refractivity contribution < 1.29 is 9.84 Å². The molecule has 4 rings (SSSR count). The van der Waals surface area contributed by atoms with Crippen LogP contribution < -0.4 is 15.4 Å². The summed E-state index contributed by atoms with van der Waals surface area (Å²) < 4.78 is 5.64. The van der Waals surface area contributed by atoms with E-state index in [1.165, 1.54) is 16.0 Å². The molecule has 0 radical (unpaired) electrons. The van der Waals surface area contributed by atoms with E-state index in [9.17, 15) is 5.11 Å². The van der Waals surface area contributed by atoms with Crippen LogP contribution in [0.1, 0.15) is 29.0 Å². The van der Waals surface area contributed by atoms with Crippen LogP contribution in [0.15, 0.2) is 83.8 Å². The second kappa shape index (κ2) is 11.7. The number of hydrogen-bond acceptors (Lipinski definition) is 5. The molecule has 0 saturated carbocycles. The predicted molar refractivity (Wildman–Crippen MR) is 137 cm³/mol. The molecule has 1 saturated heterocycles. The van der Waals surface area contributed by atoms with Crippen LogP contribution in [-0.4, -0.2) is 43.7 Å².